The molecule has 0 aliphatic carbocycles. The summed E-state index contributed by atoms with van der Waals surface area (Å²) in [7, 11) is -2.91. The third-order valence-electron chi connectivity index (χ3n) is 4.61. The smallest absolute Gasteiger partial charge is 0.339 e. The Hall–Kier alpha value is -3.89. The van der Waals surface area contributed by atoms with Crippen LogP contribution in [0.25, 0.3) is 6.08 Å². The Morgan fingerprint density at radius 3 is 2.31 bits per heavy atom. The fourth-order valence-electron chi connectivity index (χ4n) is 3.00. The Balaban J connectivity index is 1.87. The van der Waals surface area contributed by atoms with E-state index in [1.807, 2.05) is 12.1 Å². The first kappa shape index (κ1) is 26.7. The quantitative estimate of drug-likeness (QED) is 0.164. The predicted molar refractivity (Wildman–Crippen MR) is 143 cm³/mol. The van der Waals surface area contributed by atoms with Crippen LogP contribution in [0, 0.1) is 14.9 Å². The number of anilines is 2. The second kappa shape index (κ2) is 11.7. The SMILES string of the molecule is COc1ccc(/C=C(\C#N)C(=O)Nc2cccc(I)c2)cc1OS(=O)(=O)c1ccc(NC(C)=O)cc1. The van der Waals surface area contributed by atoms with Gasteiger partial charge in [0, 0.05) is 21.9 Å². The highest BCUT2D eigenvalue weighted by Gasteiger charge is 2.20. The maximum absolute atomic E-state index is 12.8. The van der Waals surface area contributed by atoms with Crippen molar-refractivity contribution in [2.24, 2.45) is 0 Å². The van der Waals surface area contributed by atoms with Crippen molar-refractivity contribution < 1.29 is 26.9 Å². The second-order valence-corrected chi connectivity index (χ2v) is 10.1. The van der Waals surface area contributed by atoms with Gasteiger partial charge in [-0.1, -0.05) is 12.1 Å². The van der Waals surface area contributed by atoms with E-state index in [1.54, 1.807) is 24.3 Å². The number of carbonyl (C=O) groups is 2. The lowest BCUT2D eigenvalue weighted by atomic mass is 10.1. The zero-order chi connectivity index (χ0) is 26.3. The molecule has 0 aromatic heterocycles. The first-order valence-electron chi connectivity index (χ1n) is 10.3. The highest BCUT2D eigenvalue weighted by molar-refractivity contribution is 14.1. The third kappa shape index (κ3) is 7.06. The molecule has 9 nitrogen and oxygen atoms in total. The van der Waals surface area contributed by atoms with Crippen LogP contribution in [0.1, 0.15) is 12.5 Å². The minimum atomic E-state index is -4.26. The van der Waals surface area contributed by atoms with Crippen LogP contribution in [-0.4, -0.2) is 27.3 Å². The van der Waals surface area contributed by atoms with Gasteiger partial charge in [0.05, 0.1) is 7.11 Å². The number of amides is 2. The zero-order valence-corrected chi connectivity index (χ0v) is 22.1. The van der Waals surface area contributed by atoms with Crippen molar-refractivity contribution in [1.29, 1.82) is 5.26 Å². The minimum absolute atomic E-state index is 0.132. The van der Waals surface area contributed by atoms with Crippen LogP contribution in [-0.2, 0) is 19.7 Å². The molecule has 0 fully saturated rings. The van der Waals surface area contributed by atoms with Crippen molar-refractivity contribution >= 4 is 62.0 Å². The van der Waals surface area contributed by atoms with Crippen molar-refractivity contribution in [2.45, 2.75) is 11.8 Å². The molecule has 2 N–H and O–H groups in total. The predicted octanol–water partition coefficient (Wildman–Crippen LogP) is 4.57. The standard InChI is InChI=1S/C25H20IN3O6S/c1-16(30)28-20-7-9-22(10-8-20)36(32,33)35-24-13-17(6-11-23(24)34-2)12-18(15-27)25(31)29-21-5-3-4-19(26)14-21/h3-14H,1-2H3,(H,28,30)(H,29,31)/b18-12+. The summed E-state index contributed by atoms with van der Waals surface area (Å²) in [4.78, 5) is 23.6. The van der Waals surface area contributed by atoms with Gasteiger partial charge in [-0.25, -0.2) is 0 Å². The number of halogens is 1. The van der Waals surface area contributed by atoms with Crippen LogP contribution in [0.3, 0.4) is 0 Å². The van der Waals surface area contributed by atoms with Crippen LogP contribution in [0.15, 0.2) is 77.2 Å². The van der Waals surface area contributed by atoms with E-state index in [0.29, 0.717) is 16.9 Å². The number of hydrogen-bond donors (Lipinski definition) is 2. The summed E-state index contributed by atoms with van der Waals surface area (Å²) in [6.45, 7) is 1.34. The molecule has 36 heavy (non-hydrogen) atoms. The molecule has 0 saturated carbocycles. The lowest BCUT2D eigenvalue weighted by Gasteiger charge is -2.12. The number of nitrogens with one attached hydrogen (secondary N) is 2. The number of ether oxygens (including phenoxy) is 1. The van der Waals surface area contributed by atoms with E-state index in [4.69, 9.17) is 8.92 Å². The molecule has 0 bridgehead atoms. The van der Waals surface area contributed by atoms with Gasteiger partial charge in [0.1, 0.15) is 16.5 Å². The first-order valence-corrected chi connectivity index (χ1v) is 12.8. The van der Waals surface area contributed by atoms with Gasteiger partial charge in [-0.05, 0) is 88.8 Å². The second-order valence-electron chi connectivity index (χ2n) is 7.29. The summed E-state index contributed by atoms with van der Waals surface area (Å²) in [5.41, 5.74) is 1.11. The van der Waals surface area contributed by atoms with E-state index < -0.39 is 16.0 Å². The summed E-state index contributed by atoms with van der Waals surface area (Å²) in [5.74, 6) is -0.912. The minimum Gasteiger partial charge on any atom is -0.493 e. The number of hydrogen-bond acceptors (Lipinski definition) is 7. The van der Waals surface area contributed by atoms with Gasteiger partial charge >= 0.3 is 10.1 Å². The average molecular weight is 617 g/mol. The van der Waals surface area contributed by atoms with Gasteiger partial charge < -0.3 is 19.6 Å². The van der Waals surface area contributed by atoms with Crippen LogP contribution < -0.4 is 19.6 Å². The summed E-state index contributed by atoms with van der Waals surface area (Å²) in [5, 5.41) is 14.7. The fraction of sp³-hybridized carbons (Fsp3) is 0.0800. The van der Waals surface area contributed by atoms with Gasteiger partial charge in [-0.2, -0.15) is 13.7 Å². The Bertz CT molecular complexity index is 1480. The fourth-order valence-corrected chi connectivity index (χ4v) is 4.48. The highest BCUT2D eigenvalue weighted by atomic mass is 127. The summed E-state index contributed by atoms with van der Waals surface area (Å²) >= 11 is 2.11. The molecule has 184 valence electrons. The lowest BCUT2D eigenvalue weighted by Crippen LogP contribution is -2.13. The number of carbonyl (C=O) groups excluding carboxylic acids is 2. The molecular weight excluding hydrogens is 597 g/mol. The van der Waals surface area contributed by atoms with Gasteiger partial charge in [0.2, 0.25) is 5.91 Å². The molecule has 3 aromatic carbocycles. The van der Waals surface area contributed by atoms with E-state index in [0.717, 1.165) is 3.57 Å². The first-order chi connectivity index (χ1) is 17.1. The number of rotatable bonds is 8. The molecule has 0 radical (unpaired) electrons. The molecule has 0 aliphatic rings. The number of methoxy groups -OCH3 is 1. The van der Waals surface area contributed by atoms with Crippen molar-refractivity contribution in [3.8, 4) is 17.6 Å². The van der Waals surface area contributed by atoms with E-state index in [-0.39, 0.29) is 27.9 Å². The number of benzene rings is 3. The molecule has 3 aromatic rings. The molecule has 2 amide bonds. The summed E-state index contributed by atoms with van der Waals surface area (Å²) in [6.07, 6.45) is 1.31. The van der Waals surface area contributed by atoms with Crippen molar-refractivity contribution in [3.05, 3.63) is 81.4 Å². The summed E-state index contributed by atoms with van der Waals surface area (Å²) in [6, 6.07) is 18.7. The van der Waals surface area contributed by atoms with Crippen LogP contribution in [0.5, 0.6) is 11.5 Å². The van der Waals surface area contributed by atoms with E-state index in [9.17, 15) is 23.3 Å². The monoisotopic (exact) mass is 617 g/mol. The van der Waals surface area contributed by atoms with Crippen molar-refractivity contribution in [1.82, 2.24) is 0 Å². The van der Waals surface area contributed by atoms with E-state index in [1.165, 1.54) is 56.5 Å². The Labute approximate surface area is 222 Å². The van der Waals surface area contributed by atoms with Gasteiger partial charge in [-0.3, -0.25) is 9.59 Å². The van der Waals surface area contributed by atoms with Crippen LogP contribution in [0.4, 0.5) is 11.4 Å². The zero-order valence-electron chi connectivity index (χ0n) is 19.1. The van der Waals surface area contributed by atoms with Crippen molar-refractivity contribution in [2.75, 3.05) is 17.7 Å². The highest BCUT2D eigenvalue weighted by Crippen LogP contribution is 2.32. The molecule has 0 atom stereocenters. The van der Waals surface area contributed by atoms with E-state index >= 15 is 0 Å². The molecular formula is C25H20IN3O6S. The molecule has 0 saturated heterocycles. The van der Waals surface area contributed by atoms with E-state index in [2.05, 4.69) is 33.2 Å². The van der Waals surface area contributed by atoms with Crippen LogP contribution >= 0.6 is 22.6 Å². The number of nitrogens with zero attached hydrogens (tertiary/aromatic N) is 1. The largest absolute Gasteiger partial charge is 0.493 e. The molecule has 0 heterocycles. The van der Waals surface area contributed by atoms with Gasteiger partial charge in [0.15, 0.2) is 11.5 Å². The molecule has 11 heteroatoms. The normalized spacial score (nSPS) is 11.2. The summed E-state index contributed by atoms with van der Waals surface area (Å²) < 4.78 is 37.1. The Morgan fingerprint density at radius 2 is 1.69 bits per heavy atom. The molecule has 3 rings (SSSR count). The lowest BCUT2D eigenvalue weighted by molar-refractivity contribution is -0.114. The molecule has 0 spiro atoms. The molecule has 0 unspecified atom stereocenters. The van der Waals surface area contributed by atoms with Crippen LogP contribution in [0.2, 0.25) is 0 Å². The maximum Gasteiger partial charge on any atom is 0.339 e. The van der Waals surface area contributed by atoms with Gasteiger partial charge in [0.25, 0.3) is 5.91 Å². The Morgan fingerprint density at radius 1 is 0.972 bits per heavy atom. The molecule has 0 aliphatic heterocycles. The third-order valence-corrected chi connectivity index (χ3v) is 6.53. The van der Waals surface area contributed by atoms with Gasteiger partial charge in [-0.15, -0.1) is 0 Å². The topological polar surface area (TPSA) is 135 Å². The maximum atomic E-state index is 12.8. The van der Waals surface area contributed by atoms with Crippen molar-refractivity contribution in [3.63, 3.8) is 0 Å². The number of nitriles is 1. The average Bonchev–Trinajstić information content (AvgIpc) is 2.82. The Kier molecular flexibility index (Phi) is 8.68.